The third-order valence-electron chi connectivity index (χ3n) is 3.27. The molecule has 0 saturated heterocycles. The van der Waals surface area contributed by atoms with Gasteiger partial charge in [0.15, 0.2) is 0 Å². The van der Waals surface area contributed by atoms with Crippen LogP contribution in [0.5, 0.6) is 0 Å². The van der Waals surface area contributed by atoms with E-state index in [9.17, 15) is 18.0 Å². The molecule has 0 atom stereocenters. The first-order valence-corrected chi connectivity index (χ1v) is 11.4. The van der Waals surface area contributed by atoms with E-state index in [4.69, 9.17) is 4.55 Å². The molecule has 1 aromatic rings. The third kappa shape index (κ3) is 5.49. The zero-order valence-electron chi connectivity index (χ0n) is 12.8. The Morgan fingerprint density at radius 2 is 1.58 bits per heavy atom. The largest absolute Gasteiger partial charge is 0.319 e. The maximum absolute atomic E-state index is 12.1. The van der Waals surface area contributed by atoms with Crippen LogP contribution in [-0.4, -0.2) is 66.6 Å². The van der Waals surface area contributed by atoms with E-state index in [1.54, 1.807) is 36.0 Å². The summed E-state index contributed by atoms with van der Waals surface area (Å²) in [5, 5.41) is 3.05. The highest BCUT2D eigenvalue weighted by Crippen LogP contribution is 2.22. The second-order valence-electron chi connectivity index (χ2n) is 4.92. The molecule has 0 aromatic heterocycles. The summed E-state index contributed by atoms with van der Waals surface area (Å²) in [5.41, 5.74) is 0.927. The number of benzene rings is 1. The summed E-state index contributed by atoms with van der Waals surface area (Å²) in [4.78, 5) is 25.5. The van der Waals surface area contributed by atoms with Gasteiger partial charge in [-0.2, -0.15) is 20.2 Å². The molecule has 10 heteroatoms. The average Bonchev–Trinajstić information content (AvgIpc) is 2.77. The van der Waals surface area contributed by atoms with E-state index in [0.717, 1.165) is 5.75 Å². The molecule has 0 radical (unpaired) electrons. The van der Waals surface area contributed by atoms with Crippen LogP contribution in [0.3, 0.4) is 0 Å². The number of nitrogens with one attached hydrogen (secondary N) is 1. The van der Waals surface area contributed by atoms with Crippen LogP contribution in [0.25, 0.3) is 0 Å². The predicted molar refractivity (Wildman–Crippen MR) is 96.0 cm³/mol. The molecule has 2 amide bonds. The lowest BCUT2D eigenvalue weighted by molar-refractivity contribution is 0.0664. The molecule has 0 fully saturated rings. The fourth-order valence-electron chi connectivity index (χ4n) is 2.19. The molecule has 0 unspecified atom stereocenters. The Balaban J connectivity index is 1.59. The van der Waals surface area contributed by atoms with Gasteiger partial charge >= 0.3 is 9.15 Å². The van der Waals surface area contributed by atoms with Crippen LogP contribution in [0.1, 0.15) is 20.7 Å². The third-order valence-corrected chi connectivity index (χ3v) is 6.30. The Hall–Kier alpha value is -1.07. The minimum Gasteiger partial charge on any atom is -0.315 e. The van der Waals surface area contributed by atoms with Gasteiger partial charge in [-0.25, -0.2) is 0 Å². The lowest BCUT2D eigenvalue weighted by Crippen LogP contribution is -2.32. The van der Waals surface area contributed by atoms with Crippen molar-refractivity contribution in [3.8, 4) is 0 Å². The van der Waals surface area contributed by atoms with Crippen LogP contribution in [-0.2, 0) is 9.15 Å². The van der Waals surface area contributed by atoms with E-state index in [2.05, 4.69) is 5.32 Å². The van der Waals surface area contributed by atoms with Crippen molar-refractivity contribution in [3.05, 3.63) is 35.4 Å². The maximum atomic E-state index is 12.1. The van der Waals surface area contributed by atoms with Crippen molar-refractivity contribution in [3.63, 3.8) is 0 Å². The standard InChI is InChI=1S/C14H18N2O5S3/c17-13-11-3-1-2-4-12(11)14(18)16(13)7-10-22-8-5-15-6-9-23-24(19,20)21/h1-4,15H,5-10H2,(H,19,20,21). The van der Waals surface area contributed by atoms with Gasteiger partial charge in [0, 0.05) is 36.9 Å². The van der Waals surface area contributed by atoms with Gasteiger partial charge in [-0.1, -0.05) is 12.1 Å². The highest BCUT2D eigenvalue weighted by Gasteiger charge is 2.34. The smallest absolute Gasteiger partial charge is 0.315 e. The molecular formula is C14H18N2O5S3. The van der Waals surface area contributed by atoms with Crippen molar-refractivity contribution in [1.82, 2.24) is 10.2 Å². The fourth-order valence-corrected chi connectivity index (χ4v) is 4.31. The Morgan fingerprint density at radius 1 is 1.00 bits per heavy atom. The summed E-state index contributed by atoms with van der Waals surface area (Å²) >= 11 is 1.60. The summed E-state index contributed by atoms with van der Waals surface area (Å²) in [6.45, 7) is 1.53. The number of carbonyl (C=O) groups excluding carboxylic acids is 2. The van der Waals surface area contributed by atoms with Crippen LogP contribution < -0.4 is 5.32 Å². The number of hydrogen-bond donors (Lipinski definition) is 2. The van der Waals surface area contributed by atoms with Crippen molar-refractivity contribution in [2.24, 2.45) is 0 Å². The Morgan fingerprint density at radius 3 is 2.17 bits per heavy atom. The molecule has 1 aliphatic heterocycles. The van der Waals surface area contributed by atoms with Crippen molar-refractivity contribution >= 4 is 43.5 Å². The fraction of sp³-hybridized carbons (Fsp3) is 0.429. The van der Waals surface area contributed by atoms with Gasteiger partial charge in [-0.3, -0.25) is 19.0 Å². The number of hydrogen-bond acceptors (Lipinski definition) is 7. The van der Waals surface area contributed by atoms with E-state index in [-0.39, 0.29) is 17.6 Å². The zero-order chi connectivity index (χ0) is 17.6. The van der Waals surface area contributed by atoms with Gasteiger partial charge in [-0.05, 0) is 22.9 Å². The SMILES string of the molecule is O=C1c2ccccc2C(=O)N1CCSCCNCCSS(=O)(=O)O. The van der Waals surface area contributed by atoms with E-state index in [0.29, 0.717) is 47.3 Å². The predicted octanol–water partition coefficient (Wildman–Crippen LogP) is 1.14. The first-order chi connectivity index (χ1) is 11.4. The normalized spacial score (nSPS) is 14.3. The minimum absolute atomic E-state index is 0.239. The lowest BCUT2D eigenvalue weighted by atomic mass is 10.1. The van der Waals surface area contributed by atoms with Crippen molar-refractivity contribution in [1.29, 1.82) is 0 Å². The van der Waals surface area contributed by atoms with Crippen LogP contribution in [0.15, 0.2) is 24.3 Å². The van der Waals surface area contributed by atoms with Gasteiger partial charge in [0.05, 0.1) is 11.1 Å². The molecule has 0 aliphatic carbocycles. The monoisotopic (exact) mass is 390 g/mol. The molecule has 132 valence electrons. The average molecular weight is 391 g/mol. The Bertz CT molecular complexity index is 673. The van der Waals surface area contributed by atoms with Gasteiger partial charge in [0.1, 0.15) is 0 Å². The molecule has 2 rings (SSSR count). The van der Waals surface area contributed by atoms with E-state index in [1.807, 2.05) is 0 Å². The van der Waals surface area contributed by atoms with Crippen LogP contribution in [0.4, 0.5) is 0 Å². The molecule has 1 heterocycles. The molecule has 24 heavy (non-hydrogen) atoms. The number of nitrogens with zero attached hydrogens (tertiary/aromatic N) is 1. The quantitative estimate of drug-likeness (QED) is 0.265. The van der Waals surface area contributed by atoms with Gasteiger partial charge in [0.2, 0.25) is 0 Å². The summed E-state index contributed by atoms with van der Waals surface area (Å²) in [6, 6.07) is 6.82. The number of imide groups is 1. The highest BCUT2D eigenvalue weighted by atomic mass is 33.1. The number of carbonyl (C=O) groups is 2. The molecule has 7 nitrogen and oxygen atoms in total. The lowest BCUT2D eigenvalue weighted by Gasteiger charge is -2.13. The topological polar surface area (TPSA) is 104 Å². The molecule has 0 bridgehead atoms. The molecule has 1 aromatic carbocycles. The van der Waals surface area contributed by atoms with E-state index in [1.165, 1.54) is 4.90 Å². The van der Waals surface area contributed by atoms with Crippen LogP contribution in [0.2, 0.25) is 0 Å². The molecule has 2 N–H and O–H groups in total. The number of rotatable bonds is 10. The van der Waals surface area contributed by atoms with E-state index >= 15 is 0 Å². The zero-order valence-corrected chi connectivity index (χ0v) is 15.3. The summed E-state index contributed by atoms with van der Waals surface area (Å²) < 4.78 is 29.5. The number of fused-ring (bicyclic) bond motifs is 1. The molecule has 0 spiro atoms. The number of amides is 2. The minimum atomic E-state index is -3.97. The molecule has 1 aliphatic rings. The van der Waals surface area contributed by atoms with Gasteiger partial charge in [-0.15, -0.1) is 0 Å². The first-order valence-electron chi connectivity index (χ1n) is 7.25. The van der Waals surface area contributed by atoms with Crippen molar-refractivity contribution in [2.75, 3.05) is 36.9 Å². The maximum Gasteiger partial charge on any atom is 0.319 e. The summed E-state index contributed by atoms with van der Waals surface area (Å²) in [7, 11) is -3.48. The number of thioether (sulfide) groups is 1. The second kappa shape index (κ2) is 8.86. The summed E-state index contributed by atoms with van der Waals surface area (Å²) in [6.07, 6.45) is 0. The van der Waals surface area contributed by atoms with Crippen LogP contribution in [0, 0.1) is 0 Å². The molecule has 0 saturated carbocycles. The first kappa shape index (κ1) is 19.3. The van der Waals surface area contributed by atoms with Crippen molar-refractivity contribution < 1.29 is 22.6 Å². The van der Waals surface area contributed by atoms with Crippen molar-refractivity contribution in [2.45, 2.75) is 0 Å². The highest BCUT2D eigenvalue weighted by molar-refractivity contribution is 8.69. The van der Waals surface area contributed by atoms with Gasteiger partial charge in [0.25, 0.3) is 11.8 Å². The molecular weight excluding hydrogens is 372 g/mol. The van der Waals surface area contributed by atoms with Gasteiger partial charge < -0.3 is 5.32 Å². The van der Waals surface area contributed by atoms with E-state index < -0.39 is 9.15 Å². The Kier molecular flexibility index (Phi) is 7.11. The Labute approximate surface area is 148 Å². The second-order valence-corrected chi connectivity index (χ2v) is 9.61. The summed E-state index contributed by atoms with van der Waals surface area (Å²) in [5.74, 6) is 1.22. The van der Waals surface area contributed by atoms with Crippen LogP contribution >= 0.6 is 22.6 Å².